The molecule has 0 aromatic rings. The van der Waals surface area contributed by atoms with Gasteiger partial charge in [-0.25, -0.2) is 23.0 Å². The van der Waals surface area contributed by atoms with Gasteiger partial charge in [-0.2, -0.15) is 0 Å². The van der Waals surface area contributed by atoms with Gasteiger partial charge in [0, 0.05) is 0 Å². The number of nitrogens with zero attached hydrogens (tertiary/aromatic N) is 2. The Bertz CT molecular complexity index is 671. The summed E-state index contributed by atoms with van der Waals surface area (Å²) in [6, 6.07) is 0. The van der Waals surface area contributed by atoms with E-state index in [1.54, 1.807) is 6.34 Å². The normalized spacial score (nSPS) is 17.5. The second-order valence-electron chi connectivity index (χ2n) is 8.10. The maximum absolute atomic E-state index is 10.7. The fraction of sp³-hybridized carbons (Fsp3) is 0.857. The van der Waals surface area contributed by atoms with Crippen molar-refractivity contribution in [1.82, 2.24) is 0 Å². The number of unbranched alkanes of at least 4 members (excludes halogenated alkanes) is 9. The molecule has 1 heterocycles. The van der Waals surface area contributed by atoms with Crippen LogP contribution in [0.1, 0.15) is 71.1 Å². The Morgan fingerprint density at radius 3 is 2.00 bits per heavy atom. The Balaban J connectivity index is 0.000000621. The van der Waals surface area contributed by atoms with Crippen molar-refractivity contribution in [3.05, 3.63) is 0 Å². The first-order valence-electron chi connectivity index (χ1n) is 11.6. The third kappa shape index (κ3) is 20.7. The number of aliphatic imine (C=N–C) groups is 1. The minimum atomic E-state index is -4.48. The van der Waals surface area contributed by atoms with E-state index in [0.29, 0.717) is 26.1 Å². The molecular formula is C21H40N2O9S. The number of carbonyl (C=O) groups is 2. The SMILES string of the molecule is CCCCCCCCCCCCOS(=O)(=O)[O-].O=C(O)COCC[N+]1(CC(=O)O)C=NCC1. The van der Waals surface area contributed by atoms with E-state index in [1.807, 2.05) is 0 Å². The smallest absolute Gasteiger partial charge is 0.359 e. The lowest BCUT2D eigenvalue weighted by molar-refractivity contribution is -0.821. The van der Waals surface area contributed by atoms with Crippen molar-refractivity contribution in [1.29, 1.82) is 0 Å². The molecule has 0 spiro atoms. The molecule has 1 atom stereocenters. The molecule has 0 radical (unpaired) electrons. The first-order valence-corrected chi connectivity index (χ1v) is 12.9. The van der Waals surface area contributed by atoms with Crippen LogP contribution in [-0.2, 0) is 28.9 Å². The molecule has 12 heteroatoms. The summed E-state index contributed by atoms with van der Waals surface area (Å²) in [6.07, 6.45) is 13.3. The van der Waals surface area contributed by atoms with Gasteiger partial charge in [-0.05, 0) is 6.42 Å². The Kier molecular flexibility index (Phi) is 17.9. The van der Waals surface area contributed by atoms with Gasteiger partial charge >= 0.3 is 11.9 Å². The lowest BCUT2D eigenvalue weighted by atomic mass is 10.1. The summed E-state index contributed by atoms with van der Waals surface area (Å²) >= 11 is 0. The maximum Gasteiger partial charge on any atom is 0.359 e. The van der Waals surface area contributed by atoms with Gasteiger partial charge in [0.25, 0.3) is 0 Å². The van der Waals surface area contributed by atoms with Gasteiger partial charge in [0.2, 0.25) is 10.4 Å². The van der Waals surface area contributed by atoms with Crippen LogP contribution in [0, 0.1) is 0 Å². The second kappa shape index (κ2) is 18.8. The molecule has 0 saturated carbocycles. The summed E-state index contributed by atoms with van der Waals surface area (Å²) in [7, 11) is -4.48. The fourth-order valence-electron chi connectivity index (χ4n) is 3.34. The standard InChI is InChI=1S/C12H26O4S.C9H14N2O5/c1-2-3-4-5-6-7-8-9-10-11-12-16-17(13,14)15;12-8(13)5-11(2-1-10-7-11)3-4-16-6-9(14)15/h2-12H2,1H3,(H,13,14,15);7H,1-6H2,(H-,12,13,14,15). The number of quaternary nitrogens is 1. The number of aliphatic carboxylic acids is 2. The Morgan fingerprint density at radius 2 is 1.55 bits per heavy atom. The summed E-state index contributed by atoms with van der Waals surface area (Å²) in [6.45, 7) is 3.72. The van der Waals surface area contributed by atoms with E-state index < -0.39 is 22.3 Å². The maximum atomic E-state index is 10.7. The highest BCUT2D eigenvalue weighted by atomic mass is 32.3. The van der Waals surface area contributed by atoms with Crippen LogP contribution in [0.3, 0.4) is 0 Å². The zero-order valence-corrected chi connectivity index (χ0v) is 20.5. The van der Waals surface area contributed by atoms with E-state index in [1.165, 1.54) is 44.9 Å². The van der Waals surface area contributed by atoms with Crippen molar-refractivity contribution < 1.29 is 46.2 Å². The molecule has 0 bridgehead atoms. The topological polar surface area (TPSA) is 163 Å². The molecule has 0 saturated heterocycles. The van der Waals surface area contributed by atoms with Crippen molar-refractivity contribution >= 4 is 28.7 Å². The van der Waals surface area contributed by atoms with Gasteiger partial charge in [-0.1, -0.05) is 64.7 Å². The van der Waals surface area contributed by atoms with Crippen LogP contribution < -0.4 is 0 Å². The van der Waals surface area contributed by atoms with Gasteiger partial charge in [-0.3, -0.25) is 8.67 Å². The third-order valence-corrected chi connectivity index (χ3v) is 5.54. The van der Waals surface area contributed by atoms with E-state index >= 15 is 0 Å². The highest BCUT2D eigenvalue weighted by Gasteiger charge is 2.31. The molecule has 0 fully saturated rings. The molecule has 0 aromatic carbocycles. The van der Waals surface area contributed by atoms with Crippen LogP contribution in [0.2, 0.25) is 0 Å². The van der Waals surface area contributed by atoms with Crippen LogP contribution in [0.15, 0.2) is 4.99 Å². The molecule has 0 aromatic heterocycles. The molecule has 1 unspecified atom stereocenters. The van der Waals surface area contributed by atoms with Crippen molar-refractivity contribution in [2.45, 2.75) is 71.1 Å². The Hall–Kier alpha value is -1.60. The Labute approximate surface area is 197 Å². The number of ether oxygens (including phenoxy) is 1. The van der Waals surface area contributed by atoms with Crippen molar-refractivity contribution in [2.24, 2.45) is 4.99 Å². The molecule has 2 N–H and O–H groups in total. The minimum Gasteiger partial charge on any atom is -0.726 e. The third-order valence-electron chi connectivity index (χ3n) is 5.08. The number of rotatable bonds is 19. The van der Waals surface area contributed by atoms with Crippen LogP contribution in [0.4, 0.5) is 0 Å². The molecule has 1 aliphatic heterocycles. The van der Waals surface area contributed by atoms with Crippen LogP contribution in [-0.4, -0.2) is 91.9 Å². The summed E-state index contributed by atoms with van der Waals surface area (Å²) in [5.74, 6) is -1.92. The molecule has 194 valence electrons. The van der Waals surface area contributed by atoms with Crippen LogP contribution in [0.5, 0.6) is 0 Å². The number of hydrogen-bond acceptors (Lipinski definition) is 8. The van der Waals surface area contributed by atoms with E-state index in [4.69, 9.17) is 14.9 Å². The molecule has 0 aliphatic carbocycles. The summed E-state index contributed by atoms with van der Waals surface area (Å²) in [4.78, 5) is 24.9. The molecular weight excluding hydrogens is 456 g/mol. The average Bonchev–Trinajstić information content (AvgIpc) is 3.17. The van der Waals surface area contributed by atoms with Crippen molar-refractivity contribution in [2.75, 3.05) is 46.0 Å². The van der Waals surface area contributed by atoms with Gasteiger partial charge < -0.3 is 19.5 Å². The van der Waals surface area contributed by atoms with Crippen molar-refractivity contribution in [3.8, 4) is 0 Å². The monoisotopic (exact) mass is 496 g/mol. The first kappa shape index (κ1) is 31.4. The largest absolute Gasteiger partial charge is 0.726 e. The first-order chi connectivity index (χ1) is 15.6. The van der Waals surface area contributed by atoms with Gasteiger partial charge in [0.05, 0.1) is 19.8 Å². The molecule has 11 nitrogen and oxygen atoms in total. The predicted octanol–water partition coefficient (Wildman–Crippen LogP) is 2.42. The lowest BCUT2D eigenvalue weighted by Gasteiger charge is -2.27. The minimum absolute atomic E-state index is 0.0301. The van der Waals surface area contributed by atoms with Gasteiger partial charge in [-0.15, -0.1) is 0 Å². The number of carboxylic acids is 2. The highest BCUT2D eigenvalue weighted by molar-refractivity contribution is 7.80. The van der Waals surface area contributed by atoms with Gasteiger partial charge in [0.1, 0.15) is 19.7 Å². The second-order valence-corrected chi connectivity index (χ2v) is 9.15. The van der Waals surface area contributed by atoms with E-state index in [0.717, 1.165) is 12.8 Å². The summed E-state index contributed by atoms with van der Waals surface area (Å²) in [5, 5.41) is 17.1. The van der Waals surface area contributed by atoms with E-state index in [-0.39, 0.29) is 30.8 Å². The zero-order chi connectivity index (χ0) is 25.0. The zero-order valence-electron chi connectivity index (χ0n) is 19.7. The predicted molar refractivity (Wildman–Crippen MR) is 122 cm³/mol. The number of hydrogen-bond donors (Lipinski definition) is 2. The average molecular weight is 497 g/mol. The molecule has 33 heavy (non-hydrogen) atoms. The number of carboxylic acid groups (broad SMARTS) is 2. The lowest BCUT2D eigenvalue weighted by Crippen LogP contribution is -2.50. The molecule has 1 rings (SSSR count). The molecule has 0 amide bonds. The van der Waals surface area contributed by atoms with Crippen LogP contribution in [0.25, 0.3) is 0 Å². The molecule has 1 aliphatic rings. The van der Waals surface area contributed by atoms with Gasteiger partial charge in [0.15, 0.2) is 12.9 Å². The van der Waals surface area contributed by atoms with E-state index in [2.05, 4.69) is 16.1 Å². The summed E-state index contributed by atoms with van der Waals surface area (Å²) in [5.41, 5.74) is 0. The Morgan fingerprint density at radius 1 is 0.970 bits per heavy atom. The van der Waals surface area contributed by atoms with E-state index in [9.17, 15) is 22.6 Å². The van der Waals surface area contributed by atoms with Crippen molar-refractivity contribution in [3.63, 3.8) is 0 Å². The van der Waals surface area contributed by atoms with Crippen LogP contribution >= 0.6 is 0 Å². The summed E-state index contributed by atoms with van der Waals surface area (Å²) < 4.78 is 39.6. The fourth-order valence-corrected chi connectivity index (χ4v) is 3.66. The highest BCUT2D eigenvalue weighted by Crippen LogP contribution is 2.11. The quantitative estimate of drug-likeness (QED) is 0.118.